The number of fused-ring (bicyclic) bond motifs is 1. The number of aryl methyl sites for hydroxylation is 2. The molecule has 0 fully saturated rings. The molecule has 0 saturated heterocycles. The van der Waals surface area contributed by atoms with Gasteiger partial charge >= 0.3 is 0 Å². The monoisotopic (exact) mass is 490 g/mol. The van der Waals surface area contributed by atoms with Gasteiger partial charge in [-0.25, -0.2) is 9.97 Å². The van der Waals surface area contributed by atoms with E-state index in [1.54, 1.807) is 42.7 Å². The zero-order valence-electron chi connectivity index (χ0n) is 17.8. The summed E-state index contributed by atoms with van der Waals surface area (Å²) in [6, 6.07) is 11.2. The van der Waals surface area contributed by atoms with Crippen LogP contribution >= 0.6 is 35.3 Å². The van der Waals surface area contributed by atoms with E-state index in [-0.39, 0.29) is 18.3 Å². The van der Waals surface area contributed by atoms with Crippen LogP contribution < -0.4 is 9.64 Å². The molecular formula is C23H24Cl2N4O2S. The quantitative estimate of drug-likeness (QED) is 0.309. The van der Waals surface area contributed by atoms with Gasteiger partial charge < -0.3 is 9.30 Å². The van der Waals surface area contributed by atoms with Crippen molar-refractivity contribution in [3.63, 3.8) is 0 Å². The van der Waals surface area contributed by atoms with E-state index in [9.17, 15) is 4.79 Å². The van der Waals surface area contributed by atoms with Crippen LogP contribution in [-0.2, 0) is 13.0 Å². The molecule has 0 spiro atoms. The minimum atomic E-state index is -0.179. The fourth-order valence-corrected chi connectivity index (χ4v) is 4.71. The van der Waals surface area contributed by atoms with Crippen LogP contribution in [0, 0.1) is 0 Å². The Morgan fingerprint density at radius 2 is 2.12 bits per heavy atom. The third-order valence-corrected chi connectivity index (χ3v) is 6.38. The number of hydrogen-bond donors (Lipinski definition) is 0. The third kappa shape index (κ3) is 5.06. The Hall–Kier alpha value is -2.61. The third-order valence-electron chi connectivity index (χ3n) is 5.10. The SMILES string of the molecule is CCc1cccc2sc(N(CCCn3ccnc3)C(=O)c3cc(Cl)ccc3OC)nc12.Cl. The van der Waals surface area contributed by atoms with Crippen LogP contribution in [0.15, 0.2) is 55.1 Å². The Kier molecular flexibility index (Phi) is 8.12. The number of benzene rings is 2. The molecule has 2 aromatic carbocycles. The van der Waals surface area contributed by atoms with Crippen molar-refractivity contribution in [3.05, 3.63) is 71.3 Å². The molecule has 32 heavy (non-hydrogen) atoms. The molecule has 0 bridgehead atoms. The number of aromatic nitrogens is 3. The van der Waals surface area contributed by atoms with Gasteiger partial charge in [-0.3, -0.25) is 9.69 Å². The van der Waals surface area contributed by atoms with Crippen molar-refractivity contribution in [3.8, 4) is 5.75 Å². The fraction of sp³-hybridized carbons (Fsp3) is 0.261. The number of anilines is 1. The molecule has 4 rings (SSSR count). The number of hydrogen-bond acceptors (Lipinski definition) is 5. The number of halogens is 2. The van der Waals surface area contributed by atoms with Crippen LogP contribution in [0.5, 0.6) is 5.75 Å². The van der Waals surface area contributed by atoms with Crippen molar-refractivity contribution in [2.45, 2.75) is 26.3 Å². The highest BCUT2D eigenvalue weighted by Crippen LogP contribution is 2.33. The number of rotatable bonds is 8. The minimum Gasteiger partial charge on any atom is -0.496 e. The molecule has 6 nitrogen and oxygen atoms in total. The Morgan fingerprint density at radius 1 is 1.28 bits per heavy atom. The second-order valence-electron chi connectivity index (χ2n) is 7.07. The lowest BCUT2D eigenvalue weighted by Gasteiger charge is -2.21. The fourth-order valence-electron chi connectivity index (χ4n) is 3.50. The molecule has 0 radical (unpaired) electrons. The number of thiazole rings is 1. The van der Waals surface area contributed by atoms with Gasteiger partial charge in [0, 0.05) is 30.5 Å². The standard InChI is InChI=1S/C23H23ClN4O2S.ClH/c1-3-16-6-4-7-20-21(16)26-23(31-20)28(12-5-11-27-13-10-25-15-27)22(29)18-14-17(24)8-9-19(18)30-2;/h4,6-10,13-15H,3,5,11-12H2,1-2H3;1H. The van der Waals surface area contributed by atoms with Gasteiger partial charge in [0.05, 0.1) is 29.2 Å². The molecule has 168 valence electrons. The lowest BCUT2D eigenvalue weighted by molar-refractivity contribution is 0.0983. The van der Waals surface area contributed by atoms with Crippen molar-refractivity contribution < 1.29 is 9.53 Å². The first kappa shape index (κ1) is 24.0. The second kappa shape index (κ2) is 10.8. The number of methoxy groups -OCH3 is 1. The lowest BCUT2D eigenvalue weighted by atomic mass is 10.1. The lowest BCUT2D eigenvalue weighted by Crippen LogP contribution is -2.32. The Morgan fingerprint density at radius 3 is 2.84 bits per heavy atom. The average Bonchev–Trinajstić information content (AvgIpc) is 3.45. The molecule has 2 aromatic heterocycles. The summed E-state index contributed by atoms with van der Waals surface area (Å²) in [5.41, 5.74) is 2.55. The number of amides is 1. The summed E-state index contributed by atoms with van der Waals surface area (Å²) in [5, 5.41) is 1.16. The highest BCUT2D eigenvalue weighted by atomic mass is 35.5. The van der Waals surface area contributed by atoms with Crippen LogP contribution in [0.1, 0.15) is 29.3 Å². The van der Waals surface area contributed by atoms with Gasteiger partial charge in [0.2, 0.25) is 0 Å². The van der Waals surface area contributed by atoms with E-state index in [2.05, 4.69) is 18.0 Å². The number of nitrogens with zero attached hydrogens (tertiary/aromatic N) is 4. The first-order valence-electron chi connectivity index (χ1n) is 10.1. The minimum absolute atomic E-state index is 0. The van der Waals surface area contributed by atoms with Gasteiger partial charge in [-0.15, -0.1) is 12.4 Å². The highest BCUT2D eigenvalue weighted by molar-refractivity contribution is 7.22. The number of para-hydroxylation sites is 1. The molecule has 0 aliphatic rings. The van der Waals surface area contributed by atoms with E-state index in [1.807, 2.05) is 22.9 Å². The molecule has 0 aliphatic heterocycles. The molecule has 2 heterocycles. The molecule has 1 amide bonds. The number of ether oxygens (including phenoxy) is 1. The van der Waals surface area contributed by atoms with Crippen molar-refractivity contribution >= 4 is 56.6 Å². The van der Waals surface area contributed by atoms with Crippen LogP contribution in [0.25, 0.3) is 10.2 Å². The molecule has 4 aromatic rings. The summed E-state index contributed by atoms with van der Waals surface area (Å²) in [6.45, 7) is 3.37. The smallest absolute Gasteiger partial charge is 0.263 e. The van der Waals surface area contributed by atoms with Crippen molar-refractivity contribution in [2.24, 2.45) is 0 Å². The highest BCUT2D eigenvalue weighted by Gasteiger charge is 2.24. The van der Waals surface area contributed by atoms with E-state index in [0.717, 1.165) is 29.6 Å². The van der Waals surface area contributed by atoms with Crippen LogP contribution in [0.3, 0.4) is 0 Å². The Bertz CT molecular complexity index is 1190. The van der Waals surface area contributed by atoms with E-state index in [4.69, 9.17) is 21.3 Å². The molecule has 0 aliphatic carbocycles. The zero-order valence-corrected chi connectivity index (χ0v) is 20.2. The molecule has 0 saturated carbocycles. The van der Waals surface area contributed by atoms with Gasteiger partial charge in [-0.05, 0) is 42.7 Å². The van der Waals surface area contributed by atoms with Crippen molar-refractivity contribution in [1.82, 2.24) is 14.5 Å². The van der Waals surface area contributed by atoms with Crippen LogP contribution in [0.2, 0.25) is 5.02 Å². The maximum Gasteiger partial charge on any atom is 0.263 e. The molecule has 0 atom stereocenters. The topological polar surface area (TPSA) is 60.2 Å². The van der Waals surface area contributed by atoms with Crippen molar-refractivity contribution in [2.75, 3.05) is 18.6 Å². The first-order chi connectivity index (χ1) is 15.1. The summed E-state index contributed by atoms with van der Waals surface area (Å²) >= 11 is 7.72. The van der Waals surface area contributed by atoms with Crippen LogP contribution in [-0.4, -0.2) is 34.1 Å². The van der Waals surface area contributed by atoms with E-state index in [0.29, 0.717) is 28.0 Å². The number of carbonyl (C=O) groups is 1. The van der Waals surface area contributed by atoms with Gasteiger partial charge in [0.25, 0.3) is 5.91 Å². The van der Waals surface area contributed by atoms with E-state index >= 15 is 0 Å². The molecule has 9 heteroatoms. The number of imidazole rings is 1. The maximum absolute atomic E-state index is 13.6. The van der Waals surface area contributed by atoms with E-state index < -0.39 is 0 Å². The van der Waals surface area contributed by atoms with Crippen LogP contribution in [0.4, 0.5) is 5.13 Å². The zero-order chi connectivity index (χ0) is 21.8. The van der Waals surface area contributed by atoms with Crippen molar-refractivity contribution in [1.29, 1.82) is 0 Å². The number of carbonyl (C=O) groups excluding carboxylic acids is 1. The van der Waals surface area contributed by atoms with Gasteiger partial charge in [0.15, 0.2) is 5.13 Å². The normalized spacial score (nSPS) is 10.7. The maximum atomic E-state index is 13.6. The van der Waals surface area contributed by atoms with Gasteiger partial charge in [-0.1, -0.05) is 42.0 Å². The summed E-state index contributed by atoms with van der Waals surface area (Å²) in [5.74, 6) is 0.312. The predicted octanol–water partition coefficient (Wildman–Crippen LogP) is 5.88. The predicted molar refractivity (Wildman–Crippen MR) is 133 cm³/mol. The summed E-state index contributed by atoms with van der Waals surface area (Å²) in [7, 11) is 1.55. The Labute approximate surface area is 202 Å². The first-order valence-corrected chi connectivity index (χ1v) is 11.3. The van der Waals surface area contributed by atoms with Gasteiger partial charge in [-0.2, -0.15) is 0 Å². The van der Waals surface area contributed by atoms with Gasteiger partial charge in [0.1, 0.15) is 5.75 Å². The van der Waals surface area contributed by atoms with E-state index in [1.165, 1.54) is 16.9 Å². The molecule has 0 N–H and O–H groups in total. The summed E-state index contributed by atoms with van der Waals surface area (Å²) in [4.78, 5) is 24.3. The summed E-state index contributed by atoms with van der Waals surface area (Å²) < 4.78 is 8.50. The summed E-state index contributed by atoms with van der Waals surface area (Å²) in [6.07, 6.45) is 7.08. The molecular weight excluding hydrogens is 467 g/mol. The molecule has 0 unspecified atom stereocenters. The average molecular weight is 491 g/mol. The Balaban J connectivity index is 0.00000289. The largest absolute Gasteiger partial charge is 0.496 e. The second-order valence-corrected chi connectivity index (χ2v) is 8.51.